The van der Waals surface area contributed by atoms with Crippen LogP contribution in [0.5, 0.6) is 0 Å². The molecule has 1 rings (SSSR count). The second-order valence-electron chi connectivity index (χ2n) is 5.79. The molecule has 0 amide bonds. The van der Waals surface area contributed by atoms with Crippen LogP contribution in [0, 0.1) is 5.41 Å². The minimum Gasteiger partial charge on any atom is -0.481 e. The third-order valence-electron chi connectivity index (χ3n) is 3.83. The first-order chi connectivity index (χ1) is 8.06. The number of carboxylic acids is 1. The largest absolute Gasteiger partial charge is 0.481 e. The molecule has 3 heteroatoms. The number of nitrogens with zero attached hydrogens (tertiary/aromatic N) is 1. The standard InChI is InChI=1S/C14H27NO2/c1-3-8-14(2)9-6-11-15(12-14)10-5-4-7-13(16)17/h3-12H2,1-2H3,(H,16,17). The molecular weight excluding hydrogens is 214 g/mol. The average molecular weight is 241 g/mol. The monoisotopic (exact) mass is 241 g/mol. The summed E-state index contributed by atoms with van der Waals surface area (Å²) in [5.74, 6) is -0.667. The molecule has 0 aromatic heterocycles. The smallest absolute Gasteiger partial charge is 0.303 e. The van der Waals surface area contributed by atoms with Crippen LogP contribution in [0.15, 0.2) is 0 Å². The lowest BCUT2D eigenvalue weighted by Crippen LogP contribution is -2.42. The summed E-state index contributed by atoms with van der Waals surface area (Å²) in [6.45, 7) is 8.14. The first-order valence-electron chi connectivity index (χ1n) is 7.00. The topological polar surface area (TPSA) is 40.5 Å². The first kappa shape index (κ1) is 14.5. The van der Waals surface area contributed by atoms with E-state index in [1.54, 1.807) is 0 Å². The van der Waals surface area contributed by atoms with E-state index in [-0.39, 0.29) is 0 Å². The molecule has 0 aliphatic carbocycles. The number of carbonyl (C=O) groups is 1. The van der Waals surface area contributed by atoms with E-state index in [4.69, 9.17) is 5.11 Å². The van der Waals surface area contributed by atoms with Crippen LogP contribution in [0.2, 0.25) is 0 Å². The van der Waals surface area contributed by atoms with Crippen LogP contribution in [0.3, 0.4) is 0 Å². The lowest BCUT2D eigenvalue weighted by atomic mass is 9.78. The van der Waals surface area contributed by atoms with Crippen LogP contribution in [0.1, 0.15) is 58.8 Å². The zero-order valence-corrected chi connectivity index (χ0v) is 11.4. The van der Waals surface area contributed by atoms with Crippen molar-refractivity contribution in [2.24, 2.45) is 5.41 Å². The number of unbranched alkanes of at least 4 members (excludes halogenated alkanes) is 1. The summed E-state index contributed by atoms with van der Waals surface area (Å²) < 4.78 is 0. The van der Waals surface area contributed by atoms with E-state index in [9.17, 15) is 4.79 Å². The molecule has 1 saturated heterocycles. The summed E-state index contributed by atoms with van der Waals surface area (Å²) in [4.78, 5) is 13.0. The molecule has 1 atom stereocenters. The molecule has 0 radical (unpaired) electrons. The Balaban J connectivity index is 2.22. The van der Waals surface area contributed by atoms with Gasteiger partial charge in [-0.25, -0.2) is 0 Å². The van der Waals surface area contributed by atoms with E-state index in [1.807, 2.05) is 0 Å². The van der Waals surface area contributed by atoms with Crippen LogP contribution < -0.4 is 0 Å². The molecule has 1 unspecified atom stereocenters. The van der Waals surface area contributed by atoms with Crippen LogP contribution in [-0.4, -0.2) is 35.6 Å². The number of aliphatic carboxylic acids is 1. The highest BCUT2D eigenvalue weighted by molar-refractivity contribution is 5.66. The van der Waals surface area contributed by atoms with Crippen LogP contribution in [0.4, 0.5) is 0 Å². The molecule has 0 spiro atoms. The zero-order chi connectivity index (χ0) is 12.7. The maximum atomic E-state index is 10.4. The van der Waals surface area contributed by atoms with Gasteiger partial charge in [0.05, 0.1) is 0 Å². The molecule has 0 saturated carbocycles. The average Bonchev–Trinajstić information content (AvgIpc) is 2.24. The molecule has 1 heterocycles. The molecule has 1 fully saturated rings. The molecule has 1 aliphatic heterocycles. The summed E-state index contributed by atoms with van der Waals surface area (Å²) in [6.07, 6.45) is 7.40. The van der Waals surface area contributed by atoms with Gasteiger partial charge in [0.25, 0.3) is 0 Å². The number of hydrogen-bond acceptors (Lipinski definition) is 2. The molecule has 0 bridgehead atoms. The normalized spacial score (nSPS) is 26.0. The number of carboxylic acid groups (broad SMARTS) is 1. The van der Waals surface area contributed by atoms with Gasteiger partial charge in [0.2, 0.25) is 0 Å². The van der Waals surface area contributed by atoms with Crippen molar-refractivity contribution in [2.45, 2.75) is 58.8 Å². The minimum atomic E-state index is -0.667. The SMILES string of the molecule is CCCC1(C)CCCN(CCCCC(=O)O)C1. The Morgan fingerprint density at radius 3 is 2.82 bits per heavy atom. The third kappa shape index (κ3) is 5.53. The van der Waals surface area contributed by atoms with Crippen molar-refractivity contribution in [3.8, 4) is 0 Å². The van der Waals surface area contributed by atoms with Crippen LogP contribution >= 0.6 is 0 Å². The Labute approximate surface area is 105 Å². The second-order valence-corrected chi connectivity index (χ2v) is 5.79. The number of rotatable bonds is 7. The molecule has 1 aliphatic rings. The van der Waals surface area contributed by atoms with Gasteiger partial charge in [0.1, 0.15) is 0 Å². The summed E-state index contributed by atoms with van der Waals surface area (Å²) in [6, 6.07) is 0. The van der Waals surface area contributed by atoms with Gasteiger partial charge >= 0.3 is 5.97 Å². The molecular formula is C14H27NO2. The fourth-order valence-electron chi connectivity index (χ4n) is 3.04. The van der Waals surface area contributed by atoms with Crippen LogP contribution in [0.25, 0.3) is 0 Å². The Hall–Kier alpha value is -0.570. The van der Waals surface area contributed by atoms with Crippen molar-refractivity contribution in [2.75, 3.05) is 19.6 Å². The van der Waals surface area contributed by atoms with E-state index in [0.29, 0.717) is 11.8 Å². The van der Waals surface area contributed by atoms with E-state index >= 15 is 0 Å². The molecule has 17 heavy (non-hydrogen) atoms. The number of hydrogen-bond donors (Lipinski definition) is 1. The van der Waals surface area contributed by atoms with Crippen LogP contribution in [-0.2, 0) is 4.79 Å². The molecule has 0 aromatic rings. The van der Waals surface area contributed by atoms with Gasteiger partial charge in [-0.1, -0.05) is 20.3 Å². The van der Waals surface area contributed by atoms with E-state index < -0.39 is 5.97 Å². The Kier molecular flexibility index (Phi) is 5.96. The third-order valence-corrected chi connectivity index (χ3v) is 3.83. The maximum Gasteiger partial charge on any atom is 0.303 e. The summed E-state index contributed by atoms with van der Waals surface area (Å²) in [7, 11) is 0. The van der Waals surface area contributed by atoms with E-state index in [1.165, 1.54) is 38.8 Å². The zero-order valence-electron chi connectivity index (χ0n) is 11.4. The molecule has 0 aromatic carbocycles. The van der Waals surface area contributed by atoms with Crippen molar-refractivity contribution < 1.29 is 9.90 Å². The summed E-state index contributed by atoms with van der Waals surface area (Å²) in [5, 5.41) is 8.59. The highest BCUT2D eigenvalue weighted by Crippen LogP contribution is 2.33. The van der Waals surface area contributed by atoms with Gasteiger partial charge in [-0.2, -0.15) is 0 Å². The van der Waals surface area contributed by atoms with Gasteiger partial charge in [-0.3, -0.25) is 4.79 Å². The van der Waals surface area contributed by atoms with Gasteiger partial charge in [-0.15, -0.1) is 0 Å². The maximum absolute atomic E-state index is 10.4. The van der Waals surface area contributed by atoms with Crippen molar-refractivity contribution in [1.82, 2.24) is 4.90 Å². The number of piperidine rings is 1. The number of likely N-dealkylation sites (tertiary alicyclic amines) is 1. The quantitative estimate of drug-likeness (QED) is 0.696. The predicted molar refractivity (Wildman–Crippen MR) is 70.2 cm³/mol. The van der Waals surface area contributed by atoms with Crippen molar-refractivity contribution in [1.29, 1.82) is 0 Å². The first-order valence-corrected chi connectivity index (χ1v) is 7.00. The molecule has 1 N–H and O–H groups in total. The Morgan fingerprint density at radius 2 is 2.18 bits per heavy atom. The highest BCUT2D eigenvalue weighted by atomic mass is 16.4. The van der Waals surface area contributed by atoms with E-state index in [2.05, 4.69) is 18.7 Å². The van der Waals surface area contributed by atoms with E-state index in [0.717, 1.165) is 19.4 Å². The molecule has 100 valence electrons. The minimum absolute atomic E-state index is 0.320. The van der Waals surface area contributed by atoms with Crippen molar-refractivity contribution in [3.05, 3.63) is 0 Å². The highest BCUT2D eigenvalue weighted by Gasteiger charge is 2.29. The fourth-order valence-corrected chi connectivity index (χ4v) is 3.04. The van der Waals surface area contributed by atoms with Crippen molar-refractivity contribution in [3.63, 3.8) is 0 Å². The fraction of sp³-hybridized carbons (Fsp3) is 0.929. The van der Waals surface area contributed by atoms with Crippen molar-refractivity contribution >= 4 is 5.97 Å². The Morgan fingerprint density at radius 1 is 1.41 bits per heavy atom. The lowest BCUT2D eigenvalue weighted by molar-refractivity contribution is -0.137. The van der Waals surface area contributed by atoms with Gasteiger partial charge in [0, 0.05) is 13.0 Å². The summed E-state index contributed by atoms with van der Waals surface area (Å²) >= 11 is 0. The van der Waals surface area contributed by atoms with Gasteiger partial charge in [-0.05, 0) is 50.6 Å². The molecule has 3 nitrogen and oxygen atoms in total. The second kappa shape index (κ2) is 7.00. The lowest BCUT2D eigenvalue weighted by Gasteiger charge is -2.40. The van der Waals surface area contributed by atoms with Gasteiger partial charge in [0.15, 0.2) is 0 Å². The summed E-state index contributed by atoms with van der Waals surface area (Å²) in [5.41, 5.74) is 0.500. The Bertz CT molecular complexity index is 238. The van der Waals surface area contributed by atoms with Gasteiger partial charge < -0.3 is 10.0 Å². The predicted octanol–water partition coefficient (Wildman–Crippen LogP) is 3.14.